The van der Waals surface area contributed by atoms with Crippen LogP contribution in [-0.2, 0) is 4.74 Å². The molecule has 1 N–H and O–H groups in total. The van der Waals surface area contributed by atoms with E-state index in [1.165, 1.54) is 12.1 Å². The Morgan fingerprint density at radius 3 is 2.56 bits per heavy atom. The predicted molar refractivity (Wildman–Crippen MR) is 63.9 cm³/mol. The van der Waals surface area contributed by atoms with Gasteiger partial charge in [-0.2, -0.15) is 0 Å². The largest absolute Gasteiger partial charge is 0.379 e. The predicted octanol–water partition coefficient (Wildman–Crippen LogP) is 3.72. The molecule has 2 nitrogen and oxygen atoms in total. The summed E-state index contributed by atoms with van der Waals surface area (Å²) < 4.78 is 18.3. The van der Waals surface area contributed by atoms with Gasteiger partial charge < -0.3 is 10.1 Å². The maximum absolute atomic E-state index is 13.0. The van der Waals surface area contributed by atoms with Gasteiger partial charge in [0, 0.05) is 12.6 Å². The fourth-order valence-electron chi connectivity index (χ4n) is 1.74. The zero-order valence-corrected chi connectivity index (χ0v) is 10.1. The lowest BCUT2D eigenvalue weighted by molar-refractivity contribution is 0.0876. The van der Waals surface area contributed by atoms with E-state index in [2.05, 4.69) is 5.32 Å². The molecule has 88 valence electrons. The third-order valence-electron chi connectivity index (χ3n) is 2.52. The monoisotopic (exact) mass is 263 g/mol. The Morgan fingerprint density at radius 1 is 1.31 bits per heavy atom. The van der Waals surface area contributed by atoms with E-state index in [9.17, 15) is 4.39 Å². The molecule has 0 saturated carbocycles. The van der Waals surface area contributed by atoms with Gasteiger partial charge >= 0.3 is 0 Å². The Hall–Kier alpha value is -0.510. The average Bonchev–Trinajstić information content (AvgIpc) is 2.25. The highest BCUT2D eigenvalue weighted by molar-refractivity contribution is 6.39. The summed E-state index contributed by atoms with van der Waals surface area (Å²) in [6.07, 6.45) is 2.01. The quantitative estimate of drug-likeness (QED) is 0.878. The van der Waals surface area contributed by atoms with E-state index < -0.39 is 5.82 Å². The molecule has 1 aliphatic rings. The number of hydrogen-bond donors (Lipinski definition) is 1. The lowest BCUT2D eigenvalue weighted by atomic mass is 10.1. The summed E-state index contributed by atoms with van der Waals surface area (Å²) in [6.45, 7) is 1.42. The summed E-state index contributed by atoms with van der Waals surface area (Å²) in [6, 6.07) is 2.69. The average molecular weight is 264 g/mol. The van der Waals surface area contributed by atoms with Gasteiger partial charge in [0.1, 0.15) is 5.82 Å². The van der Waals surface area contributed by atoms with E-state index in [-0.39, 0.29) is 6.04 Å². The second-order valence-corrected chi connectivity index (χ2v) is 4.62. The maximum atomic E-state index is 13.0. The normalized spacial score (nSPS) is 20.8. The molecule has 1 saturated heterocycles. The molecule has 1 aromatic rings. The molecule has 0 radical (unpaired) electrons. The minimum atomic E-state index is -0.430. The minimum absolute atomic E-state index is 0.189. The molecule has 2 rings (SSSR count). The molecule has 1 fully saturated rings. The lowest BCUT2D eigenvalue weighted by Gasteiger charge is -2.25. The van der Waals surface area contributed by atoms with Crippen LogP contribution in [0.4, 0.5) is 10.1 Å². The summed E-state index contributed by atoms with van der Waals surface area (Å²) >= 11 is 11.9. The van der Waals surface area contributed by atoms with Crippen molar-refractivity contribution < 1.29 is 9.13 Å². The molecule has 0 aromatic heterocycles. The standard InChI is InChI=1S/C11H12Cl2FNO/c12-9-4-7(14)5-10(13)11(9)15-8-2-1-3-16-6-8/h4-5,8,15H,1-3,6H2. The molecule has 5 heteroatoms. The molecule has 1 aromatic carbocycles. The van der Waals surface area contributed by atoms with Crippen molar-refractivity contribution in [1.82, 2.24) is 0 Å². The van der Waals surface area contributed by atoms with E-state index in [1.807, 2.05) is 0 Å². The van der Waals surface area contributed by atoms with Crippen LogP contribution in [0.25, 0.3) is 0 Å². The fourth-order valence-corrected chi connectivity index (χ4v) is 2.31. The van der Waals surface area contributed by atoms with Crippen LogP contribution in [0.2, 0.25) is 10.0 Å². The van der Waals surface area contributed by atoms with Gasteiger partial charge in [0.05, 0.1) is 22.3 Å². The van der Waals surface area contributed by atoms with Crippen molar-refractivity contribution in [3.8, 4) is 0 Å². The highest BCUT2D eigenvalue weighted by atomic mass is 35.5. The summed E-state index contributed by atoms with van der Waals surface area (Å²) in [5.74, 6) is -0.430. The van der Waals surface area contributed by atoms with E-state index in [4.69, 9.17) is 27.9 Å². The van der Waals surface area contributed by atoms with Crippen LogP contribution in [0.1, 0.15) is 12.8 Å². The first-order chi connectivity index (χ1) is 7.66. The Balaban J connectivity index is 2.14. The van der Waals surface area contributed by atoms with Crippen LogP contribution >= 0.6 is 23.2 Å². The summed E-state index contributed by atoms with van der Waals surface area (Å²) in [7, 11) is 0. The van der Waals surface area contributed by atoms with E-state index >= 15 is 0 Å². The van der Waals surface area contributed by atoms with Crippen molar-refractivity contribution in [1.29, 1.82) is 0 Å². The molecular weight excluding hydrogens is 252 g/mol. The Kier molecular flexibility index (Phi) is 3.90. The Morgan fingerprint density at radius 2 is 2.00 bits per heavy atom. The number of rotatable bonds is 2. The SMILES string of the molecule is Fc1cc(Cl)c(NC2CCCOC2)c(Cl)c1. The second-order valence-electron chi connectivity index (χ2n) is 3.80. The summed E-state index contributed by atoms with van der Waals surface area (Å²) in [5, 5.41) is 3.79. The first-order valence-corrected chi connectivity index (χ1v) is 5.91. The molecule has 0 amide bonds. The first kappa shape index (κ1) is 12.0. The molecule has 16 heavy (non-hydrogen) atoms. The molecule has 1 aliphatic heterocycles. The number of halogens is 3. The van der Waals surface area contributed by atoms with Crippen LogP contribution in [0, 0.1) is 5.82 Å². The second kappa shape index (κ2) is 5.21. The Labute approximate surface area is 104 Å². The smallest absolute Gasteiger partial charge is 0.126 e. The first-order valence-electron chi connectivity index (χ1n) is 5.15. The zero-order valence-electron chi connectivity index (χ0n) is 8.60. The van der Waals surface area contributed by atoms with Crippen LogP contribution < -0.4 is 5.32 Å². The minimum Gasteiger partial charge on any atom is -0.379 e. The van der Waals surface area contributed by atoms with E-state index in [1.54, 1.807) is 0 Å². The Bertz CT molecular complexity index is 357. The van der Waals surface area contributed by atoms with Gasteiger partial charge in [-0.1, -0.05) is 23.2 Å². The number of anilines is 1. The third-order valence-corrected chi connectivity index (χ3v) is 3.11. The topological polar surface area (TPSA) is 21.3 Å². The van der Waals surface area contributed by atoms with Crippen LogP contribution in [0.5, 0.6) is 0 Å². The highest BCUT2D eigenvalue weighted by Crippen LogP contribution is 2.32. The van der Waals surface area contributed by atoms with Gasteiger partial charge in [-0.25, -0.2) is 4.39 Å². The van der Waals surface area contributed by atoms with Crippen molar-refractivity contribution in [3.05, 3.63) is 28.0 Å². The van der Waals surface area contributed by atoms with Crippen molar-refractivity contribution in [3.63, 3.8) is 0 Å². The lowest BCUT2D eigenvalue weighted by Crippen LogP contribution is -2.30. The van der Waals surface area contributed by atoms with Gasteiger partial charge in [-0.15, -0.1) is 0 Å². The maximum Gasteiger partial charge on any atom is 0.126 e. The zero-order chi connectivity index (χ0) is 11.5. The third kappa shape index (κ3) is 2.78. The van der Waals surface area contributed by atoms with Crippen LogP contribution in [0.3, 0.4) is 0 Å². The summed E-state index contributed by atoms with van der Waals surface area (Å²) in [4.78, 5) is 0. The molecule has 1 atom stereocenters. The van der Waals surface area contributed by atoms with Crippen molar-refractivity contribution in [2.45, 2.75) is 18.9 Å². The van der Waals surface area contributed by atoms with Crippen molar-refractivity contribution in [2.75, 3.05) is 18.5 Å². The van der Waals surface area contributed by atoms with E-state index in [0.29, 0.717) is 22.3 Å². The van der Waals surface area contributed by atoms with Crippen LogP contribution in [-0.4, -0.2) is 19.3 Å². The van der Waals surface area contributed by atoms with Crippen molar-refractivity contribution >= 4 is 28.9 Å². The van der Waals surface area contributed by atoms with Gasteiger partial charge in [-0.05, 0) is 25.0 Å². The molecule has 0 aliphatic carbocycles. The number of nitrogens with one attached hydrogen (secondary N) is 1. The van der Waals surface area contributed by atoms with Gasteiger partial charge in [0.2, 0.25) is 0 Å². The molecule has 1 heterocycles. The van der Waals surface area contributed by atoms with E-state index in [0.717, 1.165) is 19.4 Å². The summed E-state index contributed by atoms with van der Waals surface area (Å²) in [5.41, 5.74) is 0.584. The van der Waals surface area contributed by atoms with Gasteiger partial charge in [0.15, 0.2) is 0 Å². The number of hydrogen-bond acceptors (Lipinski definition) is 2. The van der Waals surface area contributed by atoms with Crippen LogP contribution in [0.15, 0.2) is 12.1 Å². The molecule has 1 unspecified atom stereocenters. The highest BCUT2D eigenvalue weighted by Gasteiger charge is 2.17. The van der Waals surface area contributed by atoms with Gasteiger partial charge in [-0.3, -0.25) is 0 Å². The molecule has 0 bridgehead atoms. The number of ether oxygens (including phenoxy) is 1. The van der Waals surface area contributed by atoms with Gasteiger partial charge in [0.25, 0.3) is 0 Å². The molecular formula is C11H12Cl2FNO. The van der Waals surface area contributed by atoms with Crippen molar-refractivity contribution in [2.24, 2.45) is 0 Å². The number of benzene rings is 1. The fraction of sp³-hybridized carbons (Fsp3) is 0.455. The molecule has 0 spiro atoms.